The number of pyridine rings is 1. The predicted octanol–water partition coefficient (Wildman–Crippen LogP) is 3.33. The summed E-state index contributed by atoms with van der Waals surface area (Å²) in [6.07, 6.45) is 0. The highest BCUT2D eigenvalue weighted by molar-refractivity contribution is 6.34. The molecule has 1 saturated heterocycles. The van der Waals surface area contributed by atoms with Gasteiger partial charge in [-0.3, -0.25) is 9.48 Å². The number of carbonyl (C=O) groups is 1. The normalized spacial score (nSPS) is 14.5. The number of aryl methyl sites for hydroxylation is 3. The SMILES string of the molecule is Cc1cc(C(=O)Nc2cccc(Cl)c2N2CCOCC2)c2c(C)nn(C)c2n1. The van der Waals surface area contributed by atoms with Gasteiger partial charge in [-0.2, -0.15) is 5.10 Å². The molecule has 0 aliphatic carbocycles. The molecule has 4 rings (SSSR count). The maximum Gasteiger partial charge on any atom is 0.256 e. The number of halogens is 1. The number of benzene rings is 1. The molecule has 3 heterocycles. The number of morpholine rings is 1. The topological polar surface area (TPSA) is 72.3 Å². The minimum Gasteiger partial charge on any atom is -0.378 e. The minimum atomic E-state index is -0.205. The Bertz CT molecular complexity index is 1060. The van der Waals surface area contributed by atoms with E-state index in [1.54, 1.807) is 10.7 Å². The number of hydrogen-bond acceptors (Lipinski definition) is 5. The molecule has 3 aromatic rings. The van der Waals surface area contributed by atoms with Gasteiger partial charge in [-0.25, -0.2) is 4.98 Å². The highest BCUT2D eigenvalue weighted by Gasteiger charge is 2.22. The van der Waals surface area contributed by atoms with Gasteiger partial charge < -0.3 is 15.0 Å². The fraction of sp³-hybridized carbons (Fsp3) is 0.350. The van der Waals surface area contributed by atoms with E-state index in [-0.39, 0.29) is 5.91 Å². The largest absolute Gasteiger partial charge is 0.378 e. The van der Waals surface area contributed by atoms with Crippen LogP contribution in [0.1, 0.15) is 21.7 Å². The van der Waals surface area contributed by atoms with Crippen molar-refractivity contribution >= 4 is 39.9 Å². The van der Waals surface area contributed by atoms with E-state index in [0.29, 0.717) is 35.1 Å². The Morgan fingerprint density at radius 1 is 1.25 bits per heavy atom. The third-order valence-electron chi connectivity index (χ3n) is 4.90. The van der Waals surface area contributed by atoms with Crippen LogP contribution in [0.15, 0.2) is 24.3 Å². The molecule has 0 unspecified atom stereocenters. The van der Waals surface area contributed by atoms with Crippen molar-refractivity contribution in [2.75, 3.05) is 36.5 Å². The van der Waals surface area contributed by atoms with E-state index >= 15 is 0 Å². The quantitative estimate of drug-likeness (QED) is 0.731. The monoisotopic (exact) mass is 399 g/mol. The van der Waals surface area contributed by atoms with Crippen LogP contribution in [0.3, 0.4) is 0 Å². The molecule has 0 atom stereocenters. The van der Waals surface area contributed by atoms with Gasteiger partial charge in [0.2, 0.25) is 0 Å². The standard InChI is InChI=1S/C20H22ClN5O2/c1-12-11-14(17-13(2)24-25(3)19(17)22-12)20(27)23-16-6-4-5-15(21)18(16)26-7-9-28-10-8-26/h4-6,11H,7-10H2,1-3H3,(H,23,27). The summed E-state index contributed by atoms with van der Waals surface area (Å²) in [4.78, 5) is 19.9. The van der Waals surface area contributed by atoms with Crippen LogP contribution in [0.25, 0.3) is 11.0 Å². The lowest BCUT2D eigenvalue weighted by Gasteiger charge is -2.31. The molecule has 1 amide bonds. The van der Waals surface area contributed by atoms with Crippen LogP contribution in [-0.4, -0.2) is 47.0 Å². The Balaban J connectivity index is 1.74. The second-order valence-corrected chi connectivity index (χ2v) is 7.32. The molecule has 0 spiro atoms. The third-order valence-corrected chi connectivity index (χ3v) is 5.21. The number of nitrogens with one attached hydrogen (secondary N) is 1. The first-order valence-electron chi connectivity index (χ1n) is 9.19. The van der Waals surface area contributed by atoms with Crippen LogP contribution >= 0.6 is 11.6 Å². The Kier molecular flexibility index (Phi) is 4.95. The Hall–Kier alpha value is -2.64. The average Bonchev–Trinajstić information content (AvgIpc) is 2.95. The number of ether oxygens (including phenoxy) is 1. The number of para-hydroxylation sites is 1. The van der Waals surface area contributed by atoms with Gasteiger partial charge in [-0.05, 0) is 32.0 Å². The molecule has 0 bridgehead atoms. The number of rotatable bonds is 3. The molecule has 1 aliphatic heterocycles. The molecular weight excluding hydrogens is 378 g/mol. The van der Waals surface area contributed by atoms with Gasteiger partial charge in [0, 0.05) is 25.8 Å². The van der Waals surface area contributed by atoms with E-state index < -0.39 is 0 Å². The van der Waals surface area contributed by atoms with Crippen molar-refractivity contribution in [1.29, 1.82) is 0 Å². The highest BCUT2D eigenvalue weighted by Crippen LogP contribution is 2.35. The average molecular weight is 400 g/mol. The molecule has 7 nitrogen and oxygen atoms in total. The first-order valence-corrected chi connectivity index (χ1v) is 9.57. The number of fused-ring (bicyclic) bond motifs is 1. The van der Waals surface area contributed by atoms with Crippen molar-refractivity contribution in [3.05, 3.63) is 46.2 Å². The summed E-state index contributed by atoms with van der Waals surface area (Å²) < 4.78 is 7.14. The van der Waals surface area contributed by atoms with Crippen molar-refractivity contribution in [3.63, 3.8) is 0 Å². The van der Waals surface area contributed by atoms with Crippen molar-refractivity contribution in [2.24, 2.45) is 7.05 Å². The van der Waals surface area contributed by atoms with Gasteiger partial charge in [-0.15, -0.1) is 0 Å². The molecule has 28 heavy (non-hydrogen) atoms. The third kappa shape index (κ3) is 3.31. The van der Waals surface area contributed by atoms with Gasteiger partial charge in [0.25, 0.3) is 5.91 Å². The second-order valence-electron chi connectivity index (χ2n) is 6.91. The fourth-order valence-electron chi connectivity index (χ4n) is 3.66. The molecule has 1 aromatic carbocycles. The van der Waals surface area contributed by atoms with Crippen molar-refractivity contribution in [1.82, 2.24) is 14.8 Å². The summed E-state index contributed by atoms with van der Waals surface area (Å²) >= 11 is 6.48. The van der Waals surface area contributed by atoms with Crippen molar-refractivity contribution in [3.8, 4) is 0 Å². The summed E-state index contributed by atoms with van der Waals surface area (Å²) in [5.74, 6) is -0.205. The Labute approximate surface area is 168 Å². The first kappa shape index (κ1) is 18.7. The van der Waals surface area contributed by atoms with Gasteiger partial charge >= 0.3 is 0 Å². The molecule has 0 saturated carbocycles. The van der Waals surface area contributed by atoms with E-state index in [1.165, 1.54) is 0 Å². The molecular formula is C20H22ClN5O2. The van der Waals surface area contributed by atoms with Crippen molar-refractivity contribution in [2.45, 2.75) is 13.8 Å². The van der Waals surface area contributed by atoms with Gasteiger partial charge in [-0.1, -0.05) is 17.7 Å². The van der Waals surface area contributed by atoms with Crippen molar-refractivity contribution < 1.29 is 9.53 Å². The maximum absolute atomic E-state index is 13.2. The van der Waals surface area contributed by atoms with Crippen LogP contribution in [0.4, 0.5) is 11.4 Å². The number of carbonyl (C=O) groups excluding carboxylic acids is 1. The van der Waals surface area contributed by atoms with E-state index in [0.717, 1.165) is 35.6 Å². The van der Waals surface area contributed by atoms with Gasteiger partial charge in [0.1, 0.15) is 0 Å². The number of hydrogen-bond donors (Lipinski definition) is 1. The lowest BCUT2D eigenvalue weighted by atomic mass is 10.1. The van der Waals surface area contributed by atoms with E-state index in [4.69, 9.17) is 16.3 Å². The van der Waals surface area contributed by atoms with E-state index in [9.17, 15) is 4.79 Å². The molecule has 8 heteroatoms. The number of nitrogens with zero attached hydrogens (tertiary/aromatic N) is 4. The summed E-state index contributed by atoms with van der Waals surface area (Å²) in [5.41, 5.74) is 4.30. The summed E-state index contributed by atoms with van der Waals surface area (Å²) in [6.45, 7) is 6.49. The molecule has 2 aromatic heterocycles. The Morgan fingerprint density at radius 2 is 2.00 bits per heavy atom. The Morgan fingerprint density at radius 3 is 2.75 bits per heavy atom. The molecule has 1 N–H and O–H groups in total. The van der Waals surface area contributed by atoms with Crippen LogP contribution in [-0.2, 0) is 11.8 Å². The summed E-state index contributed by atoms with van der Waals surface area (Å²) in [6, 6.07) is 7.34. The van der Waals surface area contributed by atoms with Crippen LogP contribution in [0.5, 0.6) is 0 Å². The highest BCUT2D eigenvalue weighted by atomic mass is 35.5. The zero-order valence-electron chi connectivity index (χ0n) is 16.1. The van der Waals surface area contributed by atoms with Gasteiger partial charge in [0.15, 0.2) is 5.65 Å². The number of aromatic nitrogens is 3. The lowest BCUT2D eigenvalue weighted by Crippen LogP contribution is -2.37. The zero-order chi connectivity index (χ0) is 19.8. The zero-order valence-corrected chi connectivity index (χ0v) is 16.9. The first-order chi connectivity index (χ1) is 13.5. The predicted molar refractivity (Wildman–Crippen MR) is 110 cm³/mol. The smallest absolute Gasteiger partial charge is 0.256 e. The molecule has 146 valence electrons. The second kappa shape index (κ2) is 7.41. The summed E-state index contributed by atoms with van der Waals surface area (Å²) in [7, 11) is 1.83. The number of amides is 1. The van der Waals surface area contributed by atoms with E-state index in [2.05, 4.69) is 20.3 Å². The summed E-state index contributed by atoms with van der Waals surface area (Å²) in [5, 5.41) is 8.84. The molecule has 0 radical (unpaired) electrons. The molecule has 1 fully saturated rings. The van der Waals surface area contributed by atoms with Crippen LogP contribution < -0.4 is 10.2 Å². The maximum atomic E-state index is 13.2. The van der Waals surface area contributed by atoms with Gasteiger partial charge in [0.05, 0.1) is 46.3 Å². The minimum absolute atomic E-state index is 0.205. The van der Waals surface area contributed by atoms with Crippen LogP contribution in [0, 0.1) is 13.8 Å². The molecule has 1 aliphatic rings. The van der Waals surface area contributed by atoms with Crippen LogP contribution in [0.2, 0.25) is 5.02 Å². The fourth-order valence-corrected chi connectivity index (χ4v) is 3.96. The van der Waals surface area contributed by atoms with E-state index in [1.807, 2.05) is 39.1 Å². The lowest BCUT2D eigenvalue weighted by molar-refractivity contribution is 0.102. The number of anilines is 2.